The molecule has 1 amide bonds. The van der Waals surface area contributed by atoms with Gasteiger partial charge in [-0.2, -0.15) is 4.98 Å². The fraction of sp³-hybridized carbons (Fsp3) is 0.500. The van der Waals surface area contributed by atoms with Gasteiger partial charge < -0.3 is 10.2 Å². The third kappa shape index (κ3) is 4.71. The Hall–Kier alpha value is -3.14. The monoisotopic (exact) mass is 504 g/mol. The van der Waals surface area contributed by atoms with Crippen LogP contribution >= 0.6 is 11.6 Å². The molecule has 9 nitrogen and oxygen atoms in total. The molecule has 0 aliphatic carbocycles. The Morgan fingerprint density at radius 3 is 2.69 bits per heavy atom. The lowest BCUT2D eigenvalue weighted by atomic mass is 9.97. The van der Waals surface area contributed by atoms with Gasteiger partial charge in [0.25, 0.3) is 5.56 Å². The van der Waals surface area contributed by atoms with Crippen molar-refractivity contribution in [2.24, 2.45) is 25.9 Å². The summed E-state index contributed by atoms with van der Waals surface area (Å²) in [6.07, 6.45) is 1.49. The number of imidazole rings is 1. The summed E-state index contributed by atoms with van der Waals surface area (Å²) in [4.78, 5) is 45.1. The zero-order valence-electron chi connectivity index (χ0n) is 20.3. The summed E-state index contributed by atoms with van der Waals surface area (Å²) in [5, 5.41) is 3.22. The largest absolute Gasteiger partial charge is 0.356 e. The van der Waals surface area contributed by atoms with Crippen LogP contribution in [-0.2, 0) is 25.4 Å². The third-order valence-electron chi connectivity index (χ3n) is 6.47. The molecule has 1 atom stereocenters. The first-order chi connectivity index (χ1) is 16.6. The van der Waals surface area contributed by atoms with E-state index in [0.29, 0.717) is 31.5 Å². The maximum Gasteiger partial charge on any atom is 0.332 e. The van der Waals surface area contributed by atoms with E-state index in [1.807, 2.05) is 18.7 Å². The number of nitrogens with zero attached hydrogens (tertiary/aromatic N) is 5. The summed E-state index contributed by atoms with van der Waals surface area (Å²) in [7, 11) is 2.94. The quantitative estimate of drug-likeness (QED) is 0.555. The van der Waals surface area contributed by atoms with Crippen LogP contribution in [0.3, 0.4) is 0 Å². The highest BCUT2D eigenvalue weighted by Gasteiger charge is 2.30. The van der Waals surface area contributed by atoms with Crippen LogP contribution in [0, 0.1) is 17.7 Å². The molecular formula is C24H30ClFN6O3. The van der Waals surface area contributed by atoms with Crippen molar-refractivity contribution in [1.29, 1.82) is 0 Å². The van der Waals surface area contributed by atoms with Gasteiger partial charge in [0.1, 0.15) is 5.82 Å². The lowest BCUT2D eigenvalue weighted by molar-refractivity contribution is -0.125. The first-order valence-corrected chi connectivity index (χ1v) is 12.1. The number of carbonyl (C=O) groups excluding carboxylic acids is 1. The molecule has 0 saturated carbocycles. The highest BCUT2D eigenvalue weighted by Crippen LogP contribution is 2.28. The smallest absolute Gasteiger partial charge is 0.332 e. The Labute approximate surface area is 207 Å². The highest BCUT2D eigenvalue weighted by atomic mass is 35.5. The molecule has 1 aromatic carbocycles. The van der Waals surface area contributed by atoms with E-state index in [4.69, 9.17) is 11.6 Å². The lowest BCUT2D eigenvalue weighted by Crippen LogP contribution is -2.44. The van der Waals surface area contributed by atoms with E-state index in [0.717, 1.165) is 17.4 Å². The second-order valence-electron chi connectivity index (χ2n) is 9.50. The molecule has 4 rings (SSSR count). The first-order valence-electron chi connectivity index (χ1n) is 11.7. The van der Waals surface area contributed by atoms with E-state index in [9.17, 15) is 18.8 Å². The van der Waals surface area contributed by atoms with Gasteiger partial charge in [-0.3, -0.25) is 23.3 Å². The number of rotatable bonds is 6. The molecule has 1 fully saturated rings. The fourth-order valence-corrected chi connectivity index (χ4v) is 4.71. The number of amides is 1. The van der Waals surface area contributed by atoms with Crippen molar-refractivity contribution in [3.8, 4) is 0 Å². The number of halogens is 2. The summed E-state index contributed by atoms with van der Waals surface area (Å²) in [5.74, 6) is -0.0349. The molecule has 1 saturated heterocycles. The maximum absolute atomic E-state index is 14.7. The molecule has 0 radical (unpaired) electrons. The minimum Gasteiger partial charge on any atom is -0.356 e. The van der Waals surface area contributed by atoms with E-state index >= 15 is 0 Å². The predicted molar refractivity (Wildman–Crippen MR) is 134 cm³/mol. The normalized spacial score (nSPS) is 16.3. The number of aromatic nitrogens is 4. The molecule has 11 heteroatoms. The summed E-state index contributed by atoms with van der Waals surface area (Å²) in [6.45, 7) is 5.62. The van der Waals surface area contributed by atoms with Crippen molar-refractivity contribution in [2.75, 3.05) is 24.5 Å². The van der Waals surface area contributed by atoms with Crippen molar-refractivity contribution in [1.82, 2.24) is 24.0 Å². The van der Waals surface area contributed by atoms with Gasteiger partial charge >= 0.3 is 5.69 Å². The van der Waals surface area contributed by atoms with Crippen LogP contribution in [0.4, 0.5) is 10.3 Å². The van der Waals surface area contributed by atoms with E-state index in [-0.39, 0.29) is 40.1 Å². The fourth-order valence-electron chi connectivity index (χ4n) is 4.49. The van der Waals surface area contributed by atoms with E-state index in [1.54, 1.807) is 17.7 Å². The van der Waals surface area contributed by atoms with Crippen LogP contribution < -0.4 is 21.5 Å². The number of fused-ring (bicyclic) bond motifs is 1. The standard InChI is InChI=1S/C24H30ClFN6O3/c1-14(2)11-27-21(33)15-7-6-10-31(12-15)23-28-20-19(22(34)30(4)24(35)29(20)3)32(23)13-16-17(25)8-5-9-18(16)26/h5,8-9,14-15H,6-7,10-13H2,1-4H3,(H,27,33). The SMILES string of the molecule is CC(C)CNC(=O)C1CCCN(c2nc3c(c(=O)n(C)c(=O)n3C)n2Cc2c(F)cccc2Cl)C1. The van der Waals surface area contributed by atoms with Gasteiger partial charge in [0, 0.05) is 44.3 Å². The van der Waals surface area contributed by atoms with Gasteiger partial charge in [-0.05, 0) is 30.9 Å². The zero-order chi connectivity index (χ0) is 25.4. The van der Waals surface area contributed by atoms with Gasteiger partial charge in [-0.25, -0.2) is 9.18 Å². The molecule has 1 aliphatic rings. The van der Waals surface area contributed by atoms with Gasteiger partial charge in [0.2, 0.25) is 11.9 Å². The second-order valence-corrected chi connectivity index (χ2v) is 9.91. The summed E-state index contributed by atoms with van der Waals surface area (Å²) in [5.41, 5.74) is -0.444. The average molecular weight is 505 g/mol. The van der Waals surface area contributed by atoms with Crippen LogP contribution in [0.25, 0.3) is 11.2 Å². The number of hydrogen-bond donors (Lipinski definition) is 1. The maximum atomic E-state index is 14.7. The number of hydrogen-bond acceptors (Lipinski definition) is 5. The number of piperidine rings is 1. The van der Waals surface area contributed by atoms with E-state index in [2.05, 4.69) is 10.3 Å². The second kappa shape index (κ2) is 9.85. The third-order valence-corrected chi connectivity index (χ3v) is 6.82. The number of nitrogens with one attached hydrogen (secondary N) is 1. The topological polar surface area (TPSA) is 94.2 Å². The van der Waals surface area contributed by atoms with Crippen LogP contribution in [0.15, 0.2) is 27.8 Å². The van der Waals surface area contributed by atoms with Crippen molar-refractivity contribution >= 4 is 34.6 Å². The molecule has 3 aromatic rings. The molecular weight excluding hydrogens is 475 g/mol. The Bertz CT molecular complexity index is 1370. The van der Waals surface area contributed by atoms with E-state index in [1.165, 1.54) is 23.7 Å². The Balaban J connectivity index is 1.83. The zero-order valence-corrected chi connectivity index (χ0v) is 21.1. The summed E-state index contributed by atoms with van der Waals surface area (Å²) >= 11 is 6.31. The molecule has 35 heavy (non-hydrogen) atoms. The Morgan fingerprint density at radius 1 is 1.26 bits per heavy atom. The number of anilines is 1. The first kappa shape index (κ1) is 25.0. The van der Waals surface area contributed by atoms with Crippen molar-refractivity contribution in [2.45, 2.75) is 33.2 Å². The number of benzene rings is 1. The minimum atomic E-state index is -0.530. The minimum absolute atomic E-state index is 0.0217. The molecule has 1 N–H and O–H groups in total. The van der Waals surface area contributed by atoms with Gasteiger partial charge in [-0.1, -0.05) is 31.5 Å². The van der Waals surface area contributed by atoms with Crippen LogP contribution in [-0.4, -0.2) is 44.2 Å². The summed E-state index contributed by atoms with van der Waals surface area (Å²) in [6, 6.07) is 4.41. The van der Waals surface area contributed by atoms with Crippen molar-refractivity contribution in [3.63, 3.8) is 0 Å². The van der Waals surface area contributed by atoms with Gasteiger partial charge in [0.15, 0.2) is 11.2 Å². The molecule has 1 unspecified atom stereocenters. The van der Waals surface area contributed by atoms with Gasteiger partial charge in [0.05, 0.1) is 12.5 Å². The van der Waals surface area contributed by atoms with Crippen molar-refractivity contribution < 1.29 is 9.18 Å². The predicted octanol–water partition coefficient (Wildman–Crippen LogP) is 2.26. The Kier molecular flexibility index (Phi) is 7.02. The Morgan fingerprint density at radius 2 is 2.00 bits per heavy atom. The molecule has 188 valence electrons. The van der Waals surface area contributed by atoms with Gasteiger partial charge in [-0.15, -0.1) is 0 Å². The molecule has 1 aliphatic heterocycles. The molecule has 3 heterocycles. The molecule has 0 bridgehead atoms. The lowest BCUT2D eigenvalue weighted by Gasteiger charge is -2.33. The molecule has 0 spiro atoms. The van der Waals surface area contributed by atoms with Crippen LogP contribution in [0.1, 0.15) is 32.3 Å². The van der Waals surface area contributed by atoms with Crippen molar-refractivity contribution in [3.05, 3.63) is 55.4 Å². The average Bonchev–Trinajstić information content (AvgIpc) is 3.21. The van der Waals surface area contributed by atoms with E-state index < -0.39 is 17.1 Å². The molecule has 2 aromatic heterocycles. The van der Waals surface area contributed by atoms with Crippen LogP contribution in [0.5, 0.6) is 0 Å². The highest BCUT2D eigenvalue weighted by molar-refractivity contribution is 6.31. The number of aryl methyl sites for hydroxylation is 1. The summed E-state index contributed by atoms with van der Waals surface area (Å²) < 4.78 is 18.6. The van der Waals surface area contributed by atoms with Crippen LogP contribution in [0.2, 0.25) is 5.02 Å². The number of carbonyl (C=O) groups is 1.